The Morgan fingerprint density at radius 1 is 1.26 bits per heavy atom. The molecule has 0 aliphatic rings. The van der Waals surface area contributed by atoms with Crippen molar-refractivity contribution in [1.82, 2.24) is 4.98 Å². The number of carbonyl (C=O) groups excluding carboxylic acids is 1. The Kier molecular flexibility index (Phi) is 5.32. The lowest BCUT2D eigenvalue weighted by atomic mass is 9.91. The van der Waals surface area contributed by atoms with Crippen molar-refractivity contribution in [2.75, 3.05) is 0 Å². The number of aliphatic carboxylic acids is 1. The van der Waals surface area contributed by atoms with Crippen LogP contribution in [0.3, 0.4) is 0 Å². The molecule has 1 unspecified atom stereocenters. The molecule has 0 saturated carbocycles. The van der Waals surface area contributed by atoms with E-state index in [2.05, 4.69) is 4.98 Å². The highest BCUT2D eigenvalue weighted by Crippen LogP contribution is 2.34. The van der Waals surface area contributed by atoms with Gasteiger partial charge in [-0.25, -0.2) is 9.37 Å². The number of aromatic nitrogens is 1. The number of carboxylic acids is 1. The summed E-state index contributed by atoms with van der Waals surface area (Å²) in [6.45, 7) is 1.87. The number of rotatable bonds is 6. The highest BCUT2D eigenvalue weighted by molar-refractivity contribution is 7.11. The molecule has 0 spiro atoms. The lowest BCUT2D eigenvalue weighted by Gasteiger charge is -2.15. The van der Waals surface area contributed by atoms with Crippen LogP contribution in [0.5, 0.6) is 0 Å². The third kappa shape index (κ3) is 4.20. The number of amides is 1. The highest BCUT2D eigenvalue weighted by atomic mass is 32.1. The molecule has 7 heteroatoms. The standard InChI is InChI=1S/C20H17FN2O3S/c1-11-10-23-20(27-11)17(9-18(24)25)13-6-12(7-14(21)8-13)15-4-2-3-5-16(15)19(22)26/h2-8,10,17H,9H2,1H3,(H2,22,26)(H,24,25). The van der Waals surface area contributed by atoms with Gasteiger partial charge < -0.3 is 10.8 Å². The normalized spacial score (nSPS) is 11.9. The van der Waals surface area contributed by atoms with Gasteiger partial charge in [-0.3, -0.25) is 9.59 Å². The molecule has 0 radical (unpaired) electrons. The molecular weight excluding hydrogens is 367 g/mol. The number of nitrogens with two attached hydrogens (primary N) is 1. The molecule has 3 aromatic rings. The highest BCUT2D eigenvalue weighted by Gasteiger charge is 2.23. The fraction of sp³-hybridized carbons (Fsp3) is 0.150. The number of carbonyl (C=O) groups is 2. The van der Waals surface area contributed by atoms with Crippen LogP contribution in [0.2, 0.25) is 0 Å². The summed E-state index contributed by atoms with van der Waals surface area (Å²) in [5.74, 6) is -2.73. The molecule has 0 aliphatic heterocycles. The number of hydrogen-bond acceptors (Lipinski definition) is 4. The van der Waals surface area contributed by atoms with Crippen LogP contribution < -0.4 is 5.73 Å². The topological polar surface area (TPSA) is 93.3 Å². The molecule has 3 N–H and O–H groups in total. The van der Waals surface area contributed by atoms with E-state index in [1.165, 1.54) is 23.5 Å². The number of halogens is 1. The monoisotopic (exact) mass is 384 g/mol. The van der Waals surface area contributed by atoms with Crippen molar-refractivity contribution in [1.29, 1.82) is 0 Å². The van der Waals surface area contributed by atoms with Gasteiger partial charge in [-0.1, -0.05) is 24.3 Å². The van der Waals surface area contributed by atoms with Crippen molar-refractivity contribution in [3.05, 3.63) is 75.5 Å². The van der Waals surface area contributed by atoms with E-state index in [1.807, 2.05) is 6.92 Å². The molecule has 2 aromatic carbocycles. The minimum absolute atomic E-state index is 0.215. The molecule has 1 atom stereocenters. The summed E-state index contributed by atoms with van der Waals surface area (Å²) >= 11 is 1.38. The van der Waals surface area contributed by atoms with Crippen LogP contribution >= 0.6 is 11.3 Å². The quantitative estimate of drug-likeness (QED) is 0.673. The second-order valence-electron chi connectivity index (χ2n) is 6.14. The zero-order valence-corrected chi connectivity index (χ0v) is 15.3. The summed E-state index contributed by atoms with van der Waals surface area (Å²) in [7, 11) is 0. The predicted octanol–water partition coefficient (Wildman–Crippen LogP) is 3.96. The van der Waals surface area contributed by atoms with Crippen molar-refractivity contribution >= 4 is 23.2 Å². The van der Waals surface area contributed by atoms with Crippen LogP contribution in [-0.4, -0.2) is 22.0 Å². The molecule has 0 saturated heterocycles. The molecule has 0 bridgehead atoms. The van der Waals surface area contributed by atoms with Crippen LogP contribution in [0.15, 0.2) is 48.7 Å². The van der Waals surface area contributed by atoms with Crippen molar-refractivity contribution < 1.29 is 19.1 Å². The van der Waals surface area contributed by atoms with Gasteiger partial charge >= 0.3 is 5.97 Å². The van der Waals surface area contributed by atoms with E-state index in [-0.39, 0.29) is 12.0 Å². The molecule has 3 rings (SSSR count). The average molecular weight is 384 g/mol. The van der Waals surface area contributed by atoms with Crippen LogP contribution in [0.25, 0.3) is 11.1 Å². The fourth-order valence-electron chi connectivity index (χ4n) is 2.97. The molecule has 0 fully saturated rings. The Morgan fingerprint density at radius 3 is 2.63 bits per heavy atom. The molecule has 5 nitrogen and oxygen atoms in total. The first kappa shape index (κ1) is 18.7. The van der Waals surface area contributed by atoms with Gasteiger partial charge in [-0.2, -0.15) is 0 Å². The average Bonchev–Trinajstić information content (AvgIpc) is 3.05. The fourth-order valence-corrected chi connectivity index (χ4v) is 3.88. The molecule has 1 amide bonds. The molecule has 0 aliphatic carbocycles. The second-order valence-corrected chi connectivity index (χ2v) is 7.41. The Balaban J connectivity index is 2.14. The van der Waals surface area contributed by atoms with Crippen LogP contribution in [0, 0.1) is 12.7 Å². The number of aryl methyl sites for hydroxylation is 1. The van der Waals surface area contributed by atoms with Crippen LogP contribution in [0.1, 0.15) is 38.1 Å². The molecule has 27 heavy (non-hydrogen) atoms. The third-order valence-electron chi connectivity index (χ3n) is 4.14. The summed E-state index contributed by atoms with van der Waals surface area (Å²) in [5.41, 5.74) is 7.14. The maximum atomic E-state index is 14.4. The Morgan fingerprint density at radius 2 is 2.00 bits per heavy atom. The van der Waals surface area contributed by atoms with E-state index in [0.29, 0.717) is 21.7 Å². The van der Waals surface area contributed by atoms with Crippen LogP contribution in [-0.2, 0) is 4.79 Å². The Bertz CT molecular complexity index is 1020. The van der Waals surface area contributed by atoms with E-state index in [4.69, 9.17) is 5.73 Å². The van der Waals surface area contributed by atoms with E-state index in [9.17, 15) is 19.1 Å². The smallest absolute Gasteiger partial charge is 0.304 e. The summed E-state index contributed by atoms with van der Waals surface area (Å²) in [6.07, 6.45) is 1.45. The van der Waals surface area contributed by atoms with Crippen molar-refractivity contribution in [3.8, 4) is 11.1 Å². The first-order chi connectivity index (χ1) is 12.8. The van der Waals surface area contributed by atoms with Gasteiger partial charge in [0.25, 0.3) is 0 Å². The van der Waals surface area contributed by atoms with Gasteiger partial charge in [0, 0.05) is 22.6 Å². The van der Waals surface area contributed by atoms with E-state index in [1.54, 1.807) is 36.5 Å². The predicted molar refractivity (Wildman–Crippen MR) is 101 cm³/mol. The number of hydrogen-bond donors (Lipinski definition) is 2. The minimum Gasteiger partial charge on any atom is -0.481 e. The lowest BCUT2D eigenvalue weighted by molar-refractivity contribution is -0.137. The lowest BCUT2D eigenvalue weighted by Crippen LogP contribution is -2.12. The maximum absolute atomic E-state index is 14.4. The van der Waals surface area contributed by atoms with Gasteiger partial charge in [0.2, 0.25) is 5.91 Å². The van der Waals surface area contributed by atoms with E-state index < -0.39 is 23.6 Å². The first-order valence-electron chi connectivity index (χ1n) is 8.19. The van der Waals surface area contributed by atoms with Gasteiger partial charge in [-0.05, 0) is 41.8 Å². The number of benzene rings is 2. The van der Waals surface area contributed by atoms with Gasteiger partial charge in [0.05, 0.1) is 6.42 Å². The first-order valence-corrected chi connectivity index (χ1v) is 9.00. The molecule has 138 valence electrons. The number of nitrogens with zero attached hydrogens (tertiary/aromatic N) is 1. The summed E-state index contributed by atoms with van der Waals surface area (Å²) < 4.78 is 14.4. The summed E-state index contributed by atoms with van der Waals surface area (Å²) in [6, 6.07) is 11.0. The number of carboxylic acid groups (broad SMARTS) is 1. The van der Waals surface area contributed by atoms with E-state index >= 15 is 0 Å². The second kappa shape index (κ2) is 7.67. The minimum atomic E-state index is -1.00. The van der Waals surface area contributed by atoms with Gasteiger partial charge in [0.15, 0.2) is 0 Å². The third-order valence-corrected chi connectivity index (χ3v) is 5.17. The van der Waals surface area contributed by atoms with Crippen molar-refractivity contribution in [2.45, 2.75) is 19.3 Å². The molecule has 1 heterocycles. The van der Waals surface area contributed by atoms with Gasteiger partial charge in [-0.15, -0.1) is 11.3 Å². The van der Waals surface area contributed by atoms with Gasteiger partial charge in [0.1, 0.15) is 10.8 Å². The zero-order chi connectivity index (χ0) is 19.6. The number of thiazole rings is 1. The van der Waals surface area contributed by atoms with Crippen LogP contribution in [0.4, 0.5) is 4.39 Å². The van der Waals surface area contributed by atoms with Crippen molar-refractivity contribution in [3.63, 3.8) is 0 Å². The SMILES string of the molecule is Cc1cnc(C(CC(=O)O)c2cc(F)cc(-c3ccccc3C(N)=O)c2)s1. The molecular formula is C20H17FN2O3S. The molecule has 1 aromatic heterocycles. The van der Waals surface area contributed by atoms with Crippen molar-refractivity contribution in [2.24, 2.45) is 5.73 Å². The maximum Gasteiger partial charge on any atom is 0.304 e. The number of primary amides is 1. The Labute approximate surface area is 159 Å². The summed E-state index contributed by atoms with van der Waals surface area (Å²) in [4.78, 5) is 28.3. The van der Waals surface area contributed by atoms with E-state index in [0.717, 1.165) is 4.88 Å². The largest absolute Gasteiger partial charge is 0.481 e. The Hall–Kier alpha value is -3.06. The summed E-state index contributed by atoms with van der Waals surface area (Å²) in [5, 5.41) is 9.91. The zero-order valence-electron chi connectivity index (χ0n) is 14.5.